The van der Waals surface area contributed by atoms with Crippen molar-refractivity contribution in [1.29, 1.82) is 0 Å². The van der Waals surface area contributed by atoms with Gasteiger partial charge in [0.1, 0.15) is 17.1 Å². The second kappa shape index (κ2) is 8.73. The van der Waals surface area contributed by atoms with Crippen molar-refractivity contribution in [3.05, 3.63) is 51.5 Å². The van der Waals surface area contributed by atoms with Crippen LogP contribution in [0.4, 0.5) is 5.69 Å². The second-order valence-corrected chi connectivity index (χ2v) is 6.11. The fourth-order valence-electron chi connectivity index (χ4n) is 2.03. The molecule has 132 valence electrons. The molecule has 0 saturated carbocycles. The summed E-state index contributed by atoms with van der Waals surface area (Å²) in [4.78, 5) is 24.3. The van der Waals surface area contributed by atoms with Crippen molar-refractivity contribution in [2.24, 2.45) is 0 Å². The van der Waals surface area contributed by atoms with Crippen molar-refractivity contribution in [2.45, 2.75) is 0 Å². The lowest BCUT2D eigenvalue weighted by atomic mass is 10.2. The predicted octanol–water partition coefficient (Wildman–Crippen LogP) is 3.92. The molecule has 8 heteroatoms. The minimum Gasteiger partial charge on any atom is -0.496 e. The maximum absolute atomic E-state index is 12.3. The largest absolute Gasteiger partial charge is 0.496 e. The topological polar surface area (TPSA) is 73.9 Å². The predicted molar refractivity (Wildman–Crippen MR) is 97.6 cm³/mol. The van der Waals surface area contributed by atoms with Crippen LogP contribution >= 0.6 is 27.5 Å². The zero-order chi connectivity index (χ0) is 18.4. The summed E-state index contributed by atoms with van der Waals surface area (Å²) in [5, 5.41) is 2.93. The average molecular weight is 429 g/mol. The molecule has 0 aliphatic carbocycles. The first kappa shape index (κ1) is 19.1. The van der Waals surface area contributed by atoms with Crippen molar-refractivity contribution in [3.63, 3.8) is 0 Å². The van der Waals surface area contributed by atoms with Gasteiger partial charge in [-0.2, -0.15) is 0 Å². The van der Waals surface area contributed by atoms with Gasteiger partial charge in [0.15, 0.2) is 6.61 Å². The van der Waals surface area contributed by atoms with Gasteiger partial charge in [-0.25, -0.2) is 4.79 Å². The number of carbonyl (C=O) groups is 2. The van der Waals surface area contributed by atoms with E-state index in [4.69, 9.17) is 25.8 Å². The molecule has 0 bridgehead atoms. The molecule has 6 nitrogen and oxygen atoms in total. The van der Waals surface area contributed by atoms with E-state index in [0.717, 1.165) is 4.47 Å². The lowest BCUT2D eigenvalue weighted by Crippen LogP contribution is -2.21. The number of hydrogen-bond donors (Lipinski definition) is 1. The van der Waals surface area contributed by atoms with E-state index in [2.05, 4.69) is 21.2 Å². The van der Waals surface area contributed by atoms with Gasteiger partial charge < -0.3 is 19.5 Å². The van der Waals surface area contributed by atoms with Crippen molar-refractivity contribution in [1.82, 2.24) is 0 Å². The highest BCUT2D eigenvalue weighted by Crippen LogP contribution is 2.29. The van der Waals surface area contributed by atoms with Gasteiger partial charge in [-0.1, -0.05) is 33.6 Å². The van der Waals surface area contributed by atoms with E-state index in [-0.39, 0.29) is 5.56 Å². The summed E-state index contributed by atoms with van der Waals surface area (Å²) in [6, 6.07) is 9.88. The third kappa shape index (κ3) is 4.87. The van der Waals surface area contributed by atoms with Crippen LogP contribution < -0.4 is 14.8 Å². The number of halogens is 2. The van der Waals surface area contributed by atoms with Crippen LogP contribution in [-0.2, 0) is 9.53 Å². The van der Waals surface area contributed by atoms with E-state index in [1.165, 1.54) is 14.2 Å². The smallest absolute Gasteiger partial charge is 0.346 e. The van der Waals surface area contributed by atoms with Crippen LogP contribution in [-0.4, -0.2) is 32.7 Å². The molecule has 2 aromatic carbocycles. The zero-order valence-electron chi connectivity index (χ0n) is 13.5. The molecule has 0 aromatic heterocycles. The molecule has 0 aliphatic rings. The molecule has 0 heterocycles. The molecule has 0 aliphatic heterocycles. The number of carbonyl (C=O) groups excluding carboxylic acids is 2. The van der Waals surface area contributed by atoms with E-state index in [9.17, 15) is 9.59 Å². The first-order valence-electron chi connectivity index (χ1n) is 7.09. The Labute approximate surface area is 158 Å². The summed E-state index contributed by atoms with van der Waals surface area (Å²) < 4.78 is 16.1. The van der Waals surface area contributed by atoms with Crippen LogP contribution in [0.25, 0.3) is 0 Å². The average Bonchev–Trinajstić information content (AvgIpc) is 2.61. The maximum Gasteiger partial charge on any atom is 0.346 e. The molecule has 0 spiro atoms. The molecule has 25 heavy (non-hydrogen) atoms. The zero-order valence-corrected chi connectivity index (χ0v) is 15.8. The van der Waals surface area contributed by atoms with Crippen molar-refractivity contribution >= 4 is 45.1 Å². The third-order valence-corrected chi connectivity index (χ3v) is 3.98. The Balaban J connectivity index is 2.04. The highest BCUT2D eigenvalue weighted by molar-refractivity contribution is 9.10. The minimum atomic E-state index is -0.730. The van der Waals surface area contributed by atoms with Crippen LogP contribution in [0.5, 0.6) is 11.5 Å². The number of anilines is 1. The summed E-state index contributed by atoms with van der Waals surface area (Å²) in [5.41, 5.74) is 0.530. The SMILES string of the molecule is COc1cccc(OC)c1C(=O)OCC(=O)Nc1ccc(Br)cc1Cl. The van der Waals surface area contributed by atoms with Crippen LogP contribution in [0, 0.1) is 0 Å². The van der Waals surface area contributed by atoms with E-state index in [1.54, 1.807) is 36.4 Å². The first-order chi connectivity index (χ1) is 12.0. The van der Waals surface area contributed by atoms with E-state index in [0.29, 0.717) is 22.2 Å². The van der Waals surface area contributed by atoms with Crippen LogP contribution in [0.2, 0.25) is 5.02 Å². The number of benzene rings is 2. The van der Waals surface area contributed by atoms with Gasteiger partial charge in [-0.3, -0.25) is 4.79 Å². The van der Waals surface area contributed by atoms with E-state index >= 15 is 0 Å². The van der Waals surface area contributed by atoms with Gasteiger partial charge in [0, 0.05) is 4.47 Å². The van der Waals surface area contributed by atoms with E-state index in [1.807, 2.05) is 0 Å². The fourth-order valence-corrected chi connectivity index (χ4v) is 2.75. The summed E-state index contributed by atoms with van der Waals surface area (Å²) >= 11 is 9.30. The van der Waals surface area contributed by atoms with Gasteiger partial charge in [0.05, 0.1) is 24.9 Å². The van der Waals surface area contributed by atoms with Crippen molar-refractivity contribution in [2.75, 3.05) is 26.1 Å². The van der Waals surface area contributed by atoms with E-state index < -0.39 is 18.5 Å². The number of ether oxygens (including phenoxy) is 3. The number of rotatable bonds is 6. The fraction of sp³-hybridized carbons (Fsp3) is 0.176. The number of esters is 1. The number of hydrogen-bond acceptors (Lipinski definition) is 5. The van der Waals surface area contributed by atoms with Gasteiger partial charge in [-0.05, 0) is 30.3 Å². The molecule has 0 radical (unpaired) electrons. The molecule has 1 N–H and O–H groups in total. The van der Waals surface area contributed by atoms with Crippen LogP contribution in [0.15, 0.2) is 40.9 Å². The number of methoxy groups -OCH3 is 2. The Morgan fingerprint density at radius 3 is 2.32 bits per heavy atom. The summed E-state index contributed by atoms with van der Waals surface area (Å²) in [7, 11) is 2.85. The third-order valence-electron chi connectivity index (χ3n) is 3.17. The molecule has 0 fully saturated rings. The molecule has 1 amide bonds. The van der Waals surface area contributed by atoms with Gasteiger partial charge in [-0.15, -0.1) is 0 Å². The molecule has 0 saturated heterocycles. The summed E-state index contributed by atoms with van der Waals surface area (Å²) in [5.74, 6) is -0.667. The quantitative estimate of drug-likeness (QED) is 0.706. The summed E-state index contributed by atoms with van der Waals surface area (Å²) in [6.45, 7) is -0.480. The standard InChI is InChI=1S/C17H15BrClNO5/c1-23-13-4-3-5-14(24-2)16(13)17(22)25-9-15(21)20-12-7-6-10(18)8-11(12)19/h3-8H,9H2,1-2H3,(H,20,21). The number of nitrogens with one attached hydrogen (secondary N) is 1. The second-order valence-electron chi connectivity index (χ2n) is 4.79. The summed E-state index contributed by atoms with van der Waals surface area (Å²) in [6.07, 6.45) is 0. The lowest BCUT2D eigenvalue weighted by Gasteiger charge is -2.12. The highest BCUT2D eigenvalue weighted by Gasteiger charge is 2.20. The van der Waals surface area contributed by atoms with Gasteiger partial charge >= 0.3 is 5.97 Å². The maximum atomic E-state index is 12.3. The Morgan fingerprint density at radius 1 is 1.12 bits per heavy atom. The Hall–Kier alpha value is -2.25. The molecular formula is C17H15BrClNO5. The lowest BCUT2D eigenvalue weighted by molar-refractivity contribution is -0.119. The normalized spacial score (nSPS) is 10.1. The van der Waals surface area contributed by atoms with Crippen LogP contribution in [0.1, 0.15) is 10.4 Å². The van der Waals surface area contributed by atoms with Crippen LogP contribution in [0.3, 0.4) is 0 Å². The highest BCUT2D eigenvalue weighted by atomic mass is 79.9. The molecular weight excluding hydrogens is 414 g/mol. The Bertz CT molecular complexity index is 774. The Kier molecular flexibility index (Phi) is 6.66. The molecule has 2 rings (SSSR count). The molecule has 2 aromatic rings. The van der Waals surface area contributed by atoms with Crippen molar-refractivity contribution < 1.29 is 23.8 Å². The monoisotopic (exact) mass is 427 g/mol. The van der Waals surface area contributed by atoms with Gasteiger partial charge in [0.2, 0.25) is 0 Å². The van der Waals surface area contributed by atoms with Gasteiger partial charge in [0.25, 0.3) is 5.91 Å². The minimum absolute atomic E-state index is 0.113. The first-order valence-corrected chi connectivity index (χ1v) is 8.26. The Morgan fingerprint density at radius 2 is 1.76 bits per heavy atom. The number of amides is 1. The van der Waals surface area contributed by atoms with Crippen molar-refractivity contribution in [3.8, 4) is 11.5 Å². The molecule has 0 unspecified atom stereocenters. The molecule has 0 atom stereocenters.